The van der Waals surface area contributed by atoms with E-state index in [0.29, 0.717) is 19.4 Å². The van der Waals surface area contributed by atoms with Gasteiger partial charge in [0.1, 0.15) is 0 Å². The van der Waals surface area contributed by atoms with Crippen molar-refractivity contribution in [2.45, 2.75) is 30.7 Å². The van der Waals surface area contributed by atoms with Crippen molar-refractivity contribution >= 4 is 15.7 Å². The lowest BCUT2D eigenvalue weighted by atomic mass is 10.2. The Hall–Kier alpha value is -1.51. The highest BCUT2D eigenvalue weighted by Crippen LogP contribution is 2.31. The Bertz CT molecular complexity index is 629. The SMILES string of the molecule is Cc1c([N+](=O)[O-])cccc1S(=O)(=O)N1CCC[C@H]1CO. The van der Waals surface area contributed by atoms with E-state index in [1.54, 1.807) is 0 Å². The molecule has 20 heavy (non-hydrogen) atoms. The van der Waals surface area contributed by atoms with E-state index in [0.717, 1.165) is 0 Å². The predicted molar refractivity (Wildman–Crippen MR) is 71.8 cm³/mol. The van der Waals surface area contributed by atoms with Gasteiger partial charge in [0, 0.05) is 24.2 Å². The number of nitrogens with zero attached hydrogens (tertiary/aromatic N) is 2. The highest BCUT2D eigenvalue weighted by Gasteiger charge is 2.36. The van der Waals surface area contributed by atoms with Crippen LogP contribution in [0.25, 0.3) is 0 Å². The fourth-order valence-corrected chi connectivity index (χ4v) is 4.44. The molecule has 1 fully saturated rings. The molecule has 1 aliphatic heterocycles. The molecule has 0 spiro atoms. The molecule has 0 bridgehead atoms. The topological polar surface area (TPSA) is 101 Å². The highest BCUT2D eigenvalue weighted by molar-refractivity contribution is 7.89. The number of nitro benzene ring substituents is 1. The van der Waals surface area contributed by atoms with Crippen LogP contribution in [0.15, 0.2) is 23.1 Å². The van der Waals surface area contributed by atoms with Crippen molar-refractivity contribution in [1.29, 1.82) is 0 Å². The molecule has 0 aromatic heterocycles. The molecule has 1 aromatic rings. The molecule has 1 atom stereocenters. The minimum absolute atomic E-state index is 0.0629. The Morgan fingerprint density at radius 1 is 1.50 bits per heavy atom. The van der Waals surface area contributed by atoms with E-state index in [2.05, 4.69) is 0 Å². The molecule has 7 nitrogen and oxygen atoms in total. The van der Waals surface area contributed by atoms with Gasteiger partial charge >= 0.3 is 0 Å². The summed E-state index contributed by atoms with van der Waals surface area (Å²) >= 11 is 0. The second kappa shape index (κ2) is 5.47. The molecule has 8 heteroatoms. The van der Waals surface area contributed by atoms with Crippen LogP contribution >= 0.6 is 0 Å². The van der Waals surface area contributed by atoms with Gasteiger partial charge in [0.05, 0.1) is 16.4 Å². The quantitative estimate of drug-likeness (QED) is 0.661. The van der Waals surface area contributed by atoms with E-state index in [4.69, 9.17) is 0 Å². The molecular formula is C12H16N2O5S. The van der Waals surface area contributed by atoms with Crippen LogP contribution in [-0.2, 0) is 10.0 Å². The third-order valence-electron chi connectivity index (χ3n) is 3.57. The van der Waals surface area contributed by atoms with E-state index in [1.165, 1.54) is 29.4 Å². The number of sulfonamides is 1. The normalized spacial score (nSPS) is 20.2. The lowest BCUT2D eigenvalue weighted by Gasteiger charge is -2.23. The summed E-state index contributed by atoms with van der Waals surface area (Å²) in [5.74, 6) is 0. The molecule has 1 N–H and O–H groups in total. The standard InChI is InChI=1S/C12H16N2O5S/c1-9-11(14(16)17)5-2-6-12(9)20(18,19)13-7-3-4-10(13)8-15/h2,5-6,10,15H,3-4,7-8H2,1H3/t10-/m0/s1. The summed E-state index contributed by atoms with van der Waals surface area (Å²) in [4.78, 5) is 10.2. The Balaban J connectivity index is 2.50. The fourth-order valence-electron chi connectivity index (χ4n) is 2.51. The second-order valence-corrected chi connectivity index (χ2v) is 6.61. The van der Waals surface area contributed by atoms with Crippen LogP contribution in [0.1, 0.15) is 18.4 Å². The fraction of sp³-hybridized carbons (Fsp3) is 0.500. The van der Waals surface area contributed by atoms with Crippen LogP contribution in [0.5, 0.6) is 0 Å². The molecule has 110 valence electrons. The minimum Gasteiger partial charge on any atom is -0.395 e. The van der Waals surface area contributed by atoms with Crippen molar-refractivity contribution < 1.29 is 18.4 Å². The molecule has 2 rings (SSSR count). The van der Waals surface area contributed by atoms with Crippen molar-refractivity contribution in [2.75, 3.05) is 13.2 Å². The summed E-state index contributed by atoms with van der Waals surface area (Å²) in [6, 6.07) is 3.56. The third kappa shape index (κ3) is 2.41. The van der Waals surface area contributed by atoms with Gasteiger partial charge in [-0.1, -0.05) is 6.07 Å². The molecule has 0 unspecified atom stereocenters. The van der Waals surface area contributed by atoms with E-state index < -0.39 is 21.0 Å². The number of rotatable bonds is 4. The molecule has 1 heterocycles. The zero-order chi connectivity index (χ0) is 14.9. The molecule has 0 aliphatic carbocycles. The van der Waals surface area contributed by atoms with Gasteiger partial charge in [-0.25, -0.2) is 8.42 Å². The molecule has 1 aromatic carbocycles. The number of hydrogen-bond donors (Lipinski definition) is 1. The van der Waals surface area contributed by atoms with Crippen LogP contribution in [0.3, 0.4) is 0 Å². The predicted octanol–water partition coefficient (Wildman–Crippen LogP) is 1.05. The summed E-state index contributed by atoms with van der Waals surface area (Å²) in [7, 11) is -3.82. The van der Waals surface area contributed by atoms with Gasteiger partial charge in [-0.2, -0.15) is 4.31 Å². The lowest BCUT2D eigenvalue weighted by molar-refractivity contribution is -0.385. The van der Waals surface area contributed by atoms with E-state index in [1.807, 2.05) is 0 Å². The Morgan fingerprint density at radius 3 is 2.80 bits per heavy atom. The first kappa shape index (κ1) is 14.9. The molecule has 0 radical (unpaired) electrons. The molecule has 0 amide bonds. The van der Waals surface area contributed by atoms with E-state index >= 15 is 0 Å². The molecule has 1 saturated heterocycles. The van der Waals surface area contributed by atoms with Gasteiger partial charge in [0.2, 0.25) is 10.0 Å². The minimum atomic E-state index is -3.82. The average Bonchev–Trinajstić information content (AvgIpc) is 2.87. The van der Waals surface area contributed by atoms with Gasteiger partial charge in [-0.3, -0.25) is 10.1 Å². The molecule has 0 saturated carbocycles. The van der Waals surface area contributed by atoms with E-state index in [9.17, 15) is 23.6 Å². The zero-order valence-electron chi connectivity index (χ0n) is 11.0. The number of nitro groups is 1. The maximum atomic E-state index is 12.6. The summed E-state index contributed by atoms with van der Waals surface area (Å²) < 4.78 is 26.4. The van der Waals surface area contributed by atoms with Crippen molar-refractivity contribution in [2.24, 2.45) is 0 Å². The first-order valence-corrected chi connectivity index (χ1v) is 7.70. The van der Waals surface area contributed by atoms with Crippen molar-refractivity contribution in [1.82, 2.24) is 4.31 Å². The Morgan fingerprint density at radius 2 is 2.20 bits per heavy atom. The van der Waals surface area contributed by atoms with Gasteiger partial charge in [-0.05, 0) is 25.8 Å². The molecule has 1 aliphatic rings. The van der Waals surface area contributed by atoms with Gasteiger partial charge < -0.3 is 5.11 Å². The first-order chi connectivity index (χ1) is 9.39. The summed E-state index contributed by atoms with van der Waals surface area (Å²) in [6.45, 7) is 1.51. The van der Waals surface area contributed by atoms with Gasteiger partial charge in [0.15, 0.2) is 0 Å². The monoisotopic (exact) mass is 300 g/mol. The van der Waals surface area contributed by atoms with Crippen LogP contribution < -0.4 is 0 Å². The Labute approximate surface area is 117 Å². The number of aliphatic hydroxyl groups is 1. The summed E-state index contributed by atoms with van der Waals surface area (Å²) in [5.41, 5.74) is -0.0908. The molecular weight excluding hydrogens is 284 g/mol. The average molecular weight is 300 g/mol. The largest absolute Gasteiger partial charge is 0.395 e. The van der Waals surface area contributed by atoms with Crippen molar-refractivity contribution in [3.05, 3.63) is 33.9 Å². The van der Waals surface area contributed by atoms with Crippen LogP contribution in [0.2, 0.25) is 0 Å². The number of benzene rings is 1. The lowest BCUT2D eigenvalue weighted by Crippen LogP contribution is -2.37. The highest BCUT2D eigenvalue weighted by atomic mass is 32.2. The number of aliphatic hydroxyl groups excluding tert-OH is 1. The van der Waals surface area contributed by atoms with Crippen LogP contribution in [0.4, 0.5) is 5.69 Å². The first-order valence-electron chi connectivity index (χ1n) is 6.26. The summed E-state index contributed by atoms with van der Waals surface area (Å²) in [5, 5.41) is 20.1. The smallest absolute Gasteiger partial charge is 0.273 e. The van der Waals surface area contributed by atoms with Crippen molar-refractivity contribution in [3.63, 3.8) is 0 Å². The number of hydrogen-bond acceptors (Lipinski definition) is 5. The zero-order valence-corrected chi connectivity index (χ0v) is 11.8. The van der Waals surface area contributed by atoms with Crippen LogP contribution in [-0.4, -0.2) is 41.9 Å². The van der Waals surface area contributed by atoms with Gasteiger partial charge in [-0.15, -0.1) is 0 Å². The van der Waals surface area contributed by atoms with Gasteiger partial charge in [0.25, 0.3) is 5.69 Å². The third-order valence-corrected chi connectivity index (χ3v) is 5.67. The maximum Gasteiger partial charge on any atom is 0.273 e. The Kier molecular flexibility index (Phi) is 4.07. The second-order valence-electron chi connectivity index (χ2n) is 4.75. The van der Waals surface area contributed by atoms with E-state index in [-0.39, 0.29) is 22.8 Å². The van der Waals surface area contributed by atoms with Crippen LogP contribution in [0, 0.1) is 17.0 Å². The maximum absolute atomic E-state index is 12.6. The summed E-state index contributed by atoms with van der Waals surface area (Å²) in [6.07, 6.45) is 1.28. The van der Waals surface area contributed by atoms with Crippen molar-refractivity contribution in [3.8, 4) is 0 Å².